The minimum Gasteiger partial charge on any atom is -0.478 e. The SMILES string of the molecule is Cc1ccc(-c2ccc(/C(=C/C(=O)O)C(=O)O)o2)cc1. The number of hydrogen-bond donors (Lipinski definition) is 2. The van der Waals surface area contributed by atoms with E-state index in [9.17, 15) is 9.59 Å². The highest BCUT2D eigenvalue weighted by Gasteiger charge is 2.17. The van der Waals surface area contributed by atoms with Crippen LogP contribution in [0.1, 0.15) is 11.3 Å². The zero-order valence-corrected chi connectivity index (χ0v) is 10.7. The molecule has 0 amide bonds. The Labute approximate surface area is 114 Å². The van der Waals surface area contributed by atoms with Gasteiger partial charge in [0.25, 0.3) is 0 Å². The first kappa shape index (κ1) is 13.6. The number of carboxylic acids is 2. The summed E-state index contributed by atoms with van der Waals surface area (Å²) < 4.78 is 5.42. The van der Waals surface area contributed by atoms with Gasteiger partial charge in [0.2, 0.25) is 0 Å². The van der Waals surface area contributed by atoms with Crippen LogP contribution in [0.4, 0.5) is 0 Å². The first-order valence-corrected chi connectivity index (χ1v) is 5.82. The smallest absolute Gasteiger partial charge is 0.339 e. The Morgan fingerprint density at radius 1 is 1.05 bits per heavy atom. The number of carboxylic acid groups (broad SMARTS) is 2. The molecule has 102 valence electrons. The molecular formula is C15H12O5. The fraction of sp³-hybridized carbons (Fsp3) is 0.0667. The van der Waals surface area contributed by atoms with Crippen LogP contribution in [0.5, 0.6) is 0 Å². The van der Waals surface area contributed by atoms with E-state index in [2.05, 4.69) is 0 Å². The van der Waals surface area contributed by atoms with Gasteiger partial charge in [0.15, 0.2) is 0 Å². The van der Waals surface area contributed by atoms with Crippen molar-refractivity contribution in [2.75, 3.05) is 0 Å². The molecule has 0 aliphatic heterocycles. The Bertz CT molecular complexity index is 677. The third kappa shape index (κ3) is 2.95. The first-order chi connectivity index (χ1) is 9.47. The molecule has 0 saturated carbocycles. The maximum Gasteiger partial charge on any atom is 0.339 e. The molecule has 0 radical (unpaired) electrons. The summed E-state index contributed by atoms with van der Waals surface area (Å²) in [5.41, 5.74) is 1.50. The van der Waals surface area contributed by atoms with Crippen LogP contribution in [-0.2, 0) is 9.59 Å². The summed E-state index contributed by atoms with van der Waals surface area (Å²) in [6.07, 6.45) is 0.611. The zero-order chi connectivity index (χ0) is 14.7. The van der Waals surface area contributed by atoms with Crippen LogP contribution < -0.4 is 0 Å². The van der Waals surface area contributed by atoms with Gasteiger partial charge < -0.3 is 14.6 Å². The molecule has 5 nitrogen and oxygen atoms in total. The number of hydrogen-bond acceptors (Lipinski definition) is 3. The lowest BCUT2D eigenvalue weighted by Crippen LogP contribution is -2.02. The molecule has 0 bridgehead atoms. The molecule has 1 aromatic carbocycles. The van der Waals surface area contributed by atoms with Crippen molar-refractivity contribution in [1.29, 1.82) is 0 Å². The molecule has 1 aromatic heterocycles. The fourth-order valence-electron chi connectivity index (χ4n) is 1.72. The van der Waals surface area contributed by atoms with Crippen molar-refractivity contribution >= 4 is 17.5 Å². The van der Waals surface area contributed by atoms with E-state index in [1.165, 1.54) is 6.07 Å². The molecule has 0 aliphatic carbocycles. The zero-order valence-electron chi connectivity index (χ0n) is 10.7. The normalized spacial score (nSPS) is 11.3. The summed E-state index contributed by atoms with van der Waals surface area (Å²) in [7, 11) is 0. The van der Waals surface area contributed by atoms with Crippen molar-refractivity contribution in [2.24, 2.45) is 0 Å². The van der Waals surface area contributed by atoms with Crippen LogP contribution >= 0.6 is 0 Å². The van der Waals surface area contributed by atoms with Gasteiger partial charge >= 0.3 is 11.9 Å². The Kier molecular flexibility index (Phi) is 3.70. The van der Waals surface area contributed by atoms with Gasteiger partial charge in [-0.05, 0) is 19.1 Å². The van der Waals surface area contributed by atoms with Gasteiger partial charge in [0.05, 0.1) is 0 Å². The highest BCUT2D eigenvalue weighted by Crippen LogP contribution is 2.26. The summed E-state index contributed by atoms with van der Waals surface area (Å²) in [5.74, 6) is -2.19. The van der Waals surface area contributed by atoms with E-state index in [1.54, 1.807) is 6.07 Å². The van der Waals surface area contributed by atoms with E-state index in [4.69, 9.17) is 14.6 Å². The maximum absolute atomic E-state index is 11.0. The predicted molar refractivity (Wildman–Crippen MR) is 72.1 cm³/mol. The van der Waals surface area contributed by atoms with Crippen molar-refractivity contribution in [1.82, 2.24) is 0 Å². The lowest BCUT2D eigenvalue weighted by molar-refractivity contribution is -0.133. The Morgan fingerprint density at radius 2 is 1.70 bits per heavy atom. The molecule has 20 heavy (non-hydrogen) atoms. The van der Waals surface area contributed by atoms with Gasteiger partial charge in [-0.15, -0.1) is 0 Å². The Morgan fingerprint density at radius 3 is 2.25 bits per heavy atom. The Balaban J connectivity index is 2.39. The topological polar surface area (TPSA) is 87.7 Å². The number of carbonyl (C=O) groups is 2. The third-order valence-electron chi connectivity index (χ3n) is 2.71. The number of benzene rings is 1. The first-order valence-electron chi connectivity index (χ1n) is 5.82. The van der Waals surface area contributed by atoms with Crippen LogP contribution in [0.3, 0.4) is 0 Å². The molecule has 0 spiro atoms. The van der Waals surface area contributed by atoms with Gasteiger partial charge in [-0.1, -0.05) is 29.8 Å². The second-order valence-corrected chi connectivity index (χ2v) is 4.23. The van der Waals surface area contributed by atoms with E-state index < -0.39 is 17.5 Å². The number of furan rings is 1. The summed E-state index contributed by atoms with van der Waals surface area (Å²) in [4.78, 5) is 21.7. The molecule has 2 rings (SSSR count). The highest BCUT2D eigenvalue weighted by atomic mass is 16.4. The molecule has 0 fully saturated rings. The summed E-state index contributed by atoms with van der Waals surface area (Å²) >= 11 is 0. The van der Waals surface area contributed by atoms with E-state index in [0.717, 1.165) is 11.1 Å². The third-order valence-corrected chi connectivity index (χ3v) is 2.71. The maximum atomic E-state index is 11.0. The van der Waals surface area contributed by atoms with Crippen molar-refractivity contribution in [3.8, 4) is 11.3 Å². The van der Waals surface area contributed by atoms with Crippen LogP contribution in [0.2, 0.25) is 0 Å². The lowest BCUT2D eigenvalue weighted by atomic mass is 10.1. The monoisotopic (exact) mass is 272 g/mol. The van der Waals surface area contributed by atoms with Crippen molar-refractivity contribution in [3.63, 3.8) is 0 Å². The van der Waals surface area contributed by atoms with E-state index >= 15 is 0 Å². The van der Waals surface area contributed by atoms with Crippen LogP contribution in [-0.4, -0.2) is 22.2 Å². The molecule has 2 aromatic rings. The largest absolute Gasteiger partial charge is 0.478 e. The van der Waals surface area contributed by atoms with Gasteiger partial charge in [-0.2, -0.15) is 0 Å². The quantitative estimate of drug-likeness (QED) is 0.835. The summed E-state index contributed by atoms with van der Waals surface area (Å²) in [5, 5.41) is 17.7. The van der Waals surface area contributed by atoms with E-state index in [1.807, 2.05) is 31.2 Å². The van der Waals surface area contributed by atoms with Crippen molar-refractivity contribution in [2.45, 2.75) is 6.92 Å². The molecule has 2 N–H and O–H groups in total. The molecule has 0 unspecified atom stereocenters. The molecular weight excluding hydrogens is 260 g/mol. The second kappa shape index (κ2) is 5.44. The number of rotatable bonds is 4. The lowest BCUT2D eigenvalue weighted by Gasteiger charge is -1.99. The van der Waals surface area contributed by atoms with Gasteiger partial charge in [-0.25, -0.2) is 9.59 Å². The van der Waals surface area contributed by atoms with Gasteiger partial charge in [0, 0.05) is 11.6 Å². The average Bonchev–Trinajstić information content (AvgIpc) is 2.85. The highest BCUT2D eigenvalue weighted by molar-refractivity contribution is 6.18. The van der Waals surface area contributed by atoms with Crippen LogP contribution in [0.15, 0.2) is 46.9 Å². The predicted octanol–water partition coefficient (Wildman–Crippen LogP) is 2.81. The minimum atomic E-state index is -1.35. The minimum absolute atomic E-state index is 0.00970. The van der Waals surface area contributed by atoms with Crippen LogP contribution in [0.25, 0.3) is 16.9 Å². The molecule has 0 saturated heterocycles. The number of aryl methyl sites for hydroxylation is 1. The molecule has 1 heterocycles. The fourth-order valence-corrected chi connectivity index (χ4v) is 1.72. The summed E-state index contributed by atoms with van der Waals surface area (Å²) in [6.45, 7) is 1.95. The van der Waals surface area contributed by atoms with Crippen LogP contribution in [0, 0.1) is 6.92 Å². The Hall–Kier alpha value is -2.82. The van der Waals surface area contributed by atoms with Gasteiger partial charge in [-0.3, -0.25) is 0 Å². The second-order valence-electron chi connectivity index (χ2n) is 4.23. The average molecular weight is 272 g/mol. The standard InChI is InChI=1S/C15H12O5/c1-9-2-4-10(5-3-9)12-6-7-13(20-12)11(15(18)19)8-14(16)17/h2-8H,1H3,(H,16,17)(H,18,19)/b11-8-. The number of aliphatic carboxylic acids is 2. The van der Waals surface area contributed by atoms with E-state index in [-0.39, 0.29) is 5.76 Å². The molecule has 0 aliphatic rings. The molecule has 5 heteroatoms. The van der Waals surface area contributed by atoms with Gasteiger partial charge in [0.1, 0.15) is 17.1 Å². The van der Waals surface area contributed by atoms with Crippen molar-refractivity contribution in [3.05, 3.63) is 53.8 Å². The summed E-state index contributed by atoms with van der Waals surface area (Å²) in [6, 6.07) is 10.6. The molecule has 0 atom stereocenters. The van der Waals surface area contributed by atoms with E-state index in [0.29, 0.717) is 11.8 Å². The van der Waals surface area contributed by atoms with Crippen molar-refractivity contribution < 1.29 is 24.2 Å².